The van der Waals surface area contributed by atoms with Crippen LogP contribution in [0.25, 0.3) is 0 Å². The molecule has 38 atom stereocenters. The van der Waals surface area contributed by atoms with Gasteiger partial charge in [-0.1, -0.05) is 12.2 Å². The number of aliphatic hydroxyl groups is 21. The lowest BCUT2D eigenvalue weighted by atomic mass is 9.72. The zero-order valence-electron chi connectivity index (χ0n) is 56.4. The van der Waals surface area contributed by atoms with Crippen LogP contribution in [0.1, 0.15) is 77.0 Å². The van der Waals surface area contributed by atoms with Gasteiger partial charge in [-0.2, -0.15) is 0 Å². The second-order valence-corrected chi connectivity index (χ2v) is 28.2. The van der Waals surface area contributed by atoms with Gasteiger partial charge in [0.2, 0.25) is 6.10 Å². The Hall–Kier alpha value is -5.35. The summed E-state index contributed by atoms with van der Waals surface area (Å²) in [5.74, 6) is -14.6. The number of aliphatic carboxylic acids is 3. The van der Waals surface area contributed by atoms with Crippen LogP contribution in [0.15, 0.2) is 24.3 Å². The molecule has 0 amide bonds. The fraction of sp³-hybridized carbons (Fsp3) is 0.828. The summed E-state index contributed by atoms with van der Waals surface area (Å²) in [6.07, 6.45) is -61.1. The minimum Gasteiger partial charge on any atom is -0.479 e. The number of allylic oxidation sites excluding steroid dienone is 2. The minimum atomic E-state index is -2.82. The van der Waals surface area contributed by atoms with Gasteiger partial charge in [-0.3, -0.25) is 9.59 Å². The molecular formula is C64H95O42+. The first-order valence-electron chi connectivity index (χ1n) is 34.6. The lowest BCUT2D eigenvalue weighted by molar-refractivity contribution is -0.389. The van der Waals surface area contributed by atoms with Crippen molar-refractivity contribution >= 4 is 41.8 Å². The van der Waals surface area contributed by atoms with Crippen molar-refractivity contribution in [3.8, 4) is 0 Å². The van der Waals surface area contributed by atoms with Crippen molar-refractivity contribution in [2.24, 2.45) is 23.7 Å². The Morgan fingerprint density at radius 2 is 0.991 bits per heavy atom. The lowest BCUT2D eigenvalue weighted by Gasteiger charge is -2.51. The summed E-state index contributed by atoms with van der Waals surface area (Å²) >= 11 is 0. The zero-order chi connectivity index (χ0) is 77.6. The van der Waals surface area contributed by atoms with Gasteiger partial charge in [0.05, 0.1) is 61.4 Å². The fourth-order valence-corrected chi connectivity index (χ4v) is 14.8. The van der Waals surface area contributed by atoms with Crippen LogP contribution in [0.2, 0.25) is 0 Å². The van der Waals surface area contributed by atoms with E-state index in [1.54, 1.807) is 0 Å². The van der Waals surface area contributed by atoms with Crippen LogP contribution >= 0.6 is 0 Å². The van der Waals surface area contributed by atoms with Crippen molar-refractivity contribution < 1.29 is 207 Å². The number of aliphatic hydroxyl groups excluding tert-OH is 19. The standard InChI is InChI=1S/C64H94O42/c65-17-34-42(77)47(82)56(103-38(73)8-4-21-2-6-26(67)29(70)10-21)64(100-34)106-57-48(83)44(79)36(19-95-39(74)16-40(75)104-55(60(92)93)52(87)58(88)89)102-63(57)99-33-15-24-27(68)13-23(96-61-50(85)45(80)43(78)35(101-61)18-94-37(72)7-3-20-1-5-25(66)28(69)9-20)14-31(24)97-53(33)22-11-30(71)41(76)32(12-22)98-62-51(86)46(81)49(84)54(105-62)59(90)91/h3-4,7-8,20-36,41-57,61-71,76-87H,1-2,5-6,9-19H2,(H,88,89)(H,90,91)(H,92,93)/p+1/t20?,21?,22?,23?,24?,25?,26?,27?,28?,29?,30?,31?,32?,33?,34-,35-,36-,41?,42-,43-,44+,45+,46+,47+,48+,49+,50-,51-,52-,53?,54+,55+,56-,57-,61-,62-,63-,64+/m1/s1. The maximum atomic E-state index is 13.6. The molecule has 5 saturated heterocycles. The maximum absolute atomic E-state index is 13.6. The van der Waals surface area contributed by atoms with Gasteiger partial charge in [0.25, 0.3) is 0 Å². The maximum Gasteiger partial charge on any atom is 0.348 e. The SMILES string of the molecule is O=C(C=CC1CCC(O)C(O)C1)OC[C@H]1O[C@@H](OC2CC(O)C3CC(O[C@@H]4O[C@H](COC(=O)CC(=O)O[C@H](C(=O)O)[C@@H](O)C(=O)O)[C@H](O)[C@H](O)[C@H]4O[C@@H]4O[C@H](CO)[C@@H](O)[C@H](O)[C@H]4OC(=O)C=CC4CCC(O)C(O)C4)C(C4CC(O)C(O)C(O[C@@H]5O[C@H](C(=O)O)[C@@H](O)[C@H](O)[C@H]5O)C4)[OH+]C3C2)[C@H](O)[C@@H](O)[C@@H]1O. The van der Waals surface area contributed by atoms with Gasteiger partial charge in [-0.15, -0.1) is 0 Å². The van der Waals surface area contributed by atoms with Gasteiger partial charge < -0.3 is 174 Å². The van der Waals surface area contributed by atoms with E-state index in [1.165, 1.54) is 12.2 Å². The molecule has 23 N–H and O–H groups in total. The number of carbonyl (C=O) groups is 7. The number of fused-ring (bicyclic) bond motifs is 1. The molecule has 0 radical (unpaired) electrons. The summed E-state index contributed by atoms with van der Waals surface area (Å²) in [7, 11) is 0. The van der Waals surface area contributed by atoms with Gasteiger partial charge in [0, 0.05) is 30.9 Å². The second kappa shape index (κ2) is 37.1. The predicted molar refractivity (Wildman–Crippen MR) is 331 cm³/mol. The van der Waals surface area contributed by atoms with E-state index < -0.39 is 307 Å². The highest BCUT2D eigenvalue weighted by Crippen LogP contribution is 2.45. The molecule has 4 saturated carbocycles. The summed E-state index contributed by atoms with van der Waals surface area (Å²) in [5, 5.41) is 236. The van der Waals surface area contributed by atoms with E-state index in [9.17, 15) is 141 Å². The summed E-state index contributed by atoms with van der Waals surface area (Å²) in [6, 6.07) is 0. The molecule has 0 bridgehead atoms. The third kappa shape index (κ3) is 20.4. The van der Waals surface area contributed by atoms with Crippen LogP contribution in [0, 0.1) is 23.7 Å². The molecule has 5 heterocycles. The Morgan fingerprint density at radius 1 is 0.453 bits per heavy atom. The smallest absolute Gasteiger partial charge is 0.348 e. The molecule has 4 aliphatic carbocycles. The molecule has 0 aromatic rings. The van der Waals surface area contributed by atoms with Crippen LogP contribution in [-0.4, -0.2) is 387 Å². The topological polar surface area (TPSA) is 688 Å². The Labute approximate surface area is 600 Å². The van der Waals surface area contributed by atoms with Crippen molar-refractivity contribution in [2.45, 2.75) is 285 Å². The Bertz CT molecular complexity index is 3020. The zero-order valence-corrected chi connectivity index (χ0v) is 56.4. The number of rotatable bonds is 26. The fourth-order valence-electron chi connectivity index (χ4n) is 14.8. The minimum absolute atomic E-state index is 0.0183. The normalized spacial score (nSPS) is 45.0. The molecule has 9 fully saturated rings. The number of hydrogen-bond acceptors (Lipinski definition) is 38. The highest BCUT2D eigenvalue weighted by atomic mass is 16.8. The average Bonchev–Trinajstić information content (AvgIpc) is 0.763. The van der Waals surface area contributed by atoms with Gasteiger partial charge in [-0.25, -0.2) is 24.0 Å². The molecule has 0 aromatic carbocycles. The van der Waals surface area contributed by atoms with E-state index in [1.807, 2.05) is 0 Å². The molecule has 9 aliphatic rings. The lowest BCUT2D eigenvalue weighted by Crippen LogP contribution is -2.66. The van der Waals surface area contributed by atoms with Crippen LogP contribution in [0.3, 0.4) is 0 Å². The Morgan fingerprint density at radius 3 is 1.58 bits per heavy atom. The van der Waals surface area contributed by atoms with Crippen molar-refractivity contribution in [1.82, 2.24) is 0 Å². The highest BCUT2D eigenvalue weighted by molar-refractivity contribution is 5.93. The number of carboxylic acid groups (broad SMARTS) is 3. The molecular weight excluding hydrogens is 1440 g/mol. The molecule has 0 aromatic heterocycles. The number of carbonyl (C=O) groups excluding carboxylic acids is 4. The Kier molecular flexibility index (Phi) is 29.6. The van der Waals surface area contributed by atoms with Crippen LogP contribution in [0.4, 0.5) is 0 Å². The number of carboxylic acids is 3. The van der Waals surface area contributed by atoms with E-state index in [0.29, 0.717) is 12.8 Å². The van der Waals surface area contributed by atoms with Crippen LogP contribution < -0.4 is 0 Å². The number of ether oxygens (including phenoxy) is 13. The van der Waals surface area contributed by atoms with Crippen molar-refractivity contribution in [1.29, 1.82) is 0 Å². The Balaban J connectivity index is 1.01. The van der Waals surface area contributed by atoms with E-state index in [2.05, 4.69) is 4.74 Å². The first kappa shape index (κ1) is 84.7. The van der Waals surface area contributed by atoms with E-state index in [4.69, 9.17) is 61.9 Å². The van der Waals surface area contributed by atoms with Crippen molar-refractivity contribution in [3.05, 3.63) is 24.3 Å². The highest BCUT2D eigenvalue weighted by Gasteiger charge is 2.60. The summed E-state index contributed by atoms with van der Waals surface area (Å²) < 4.78 is 73.9. The molecule has 5 aliphatic heterocycles. The molecule has 16 unspecified atom stereocenters. The quantitative estimate of drug-likeness (QED) is 0.0126. The van der Waals surface area contributed by atoms with E-state index in [-0.39, 0.29) is 50.9 Å². The first-order chi connectivity index (χ1) is 50.0. The van der Waals surface area contributed by atoms with Gasteiger partial charge in [0.1, 0.15) is 117 Å². The van der Waals surface area contributed by atoms with Crippen molar-refractivity contribution in [2.75, 3.05) is 19.8 Å². The molecule has 0 spiro atoms. The molecule has 9 rings (SSSR count). The molecule has 42 nitrogen and oxygen atoms in total. The average molecular weight is 1540 g/mol. The summed E-state index contributed by atoms with van der Waals surface area (Å²) in [5.41, 5.74) is 0. The summed E-state index contributed by atoms with van der Waals surface area (Å²) in [6.45, 7) is -2.96. The molecule has 602 valence electrons. The van der Waals surface area contributed by atoms with Crippen LogP contribution in [0.5, 0.6) is 0 Å². The largest absolute Gasteiger partial charge is 0.479 e. The van der Waals surface area contributed by atoms with Crippen LogP contribution in [-0.2, 0) is 90.4 Å². The van der Waals surface area contributed by atoms with E-state index >= 15 is 0 Å². The van der Waals surface area contributed by atoms with Gasteiger partial charge >= 0.3 is 41.8 Å². The van der Waals surface area contributed by atoms with Gasteiger partial charge in [0.15, 0.2) is 55.7 Å². The number of hydrogen-bond donors (Lipinski definition) is 22. The molecule has 42 heteroatoms. The first-order valence-corrected chi connectivity index (χ1v) is 34.6. The van der Waals surface area contributed by atoms with Gasteiger partial charge in [-0.05, 0) is 69.6 Å². The third-order valence-electron chi connectivity index (χ3n) is 20.8. The second-order valence-electron chi connectivity index (χ2n) is 28.2. The molecule has 106 heavy (non-hydrogen) atoms. The van der Waals surface area contributed by atoms with Crippen molar-refractivity contribution in [3.63, 3.8) is 0 Å². The summed E-state index contributed by atoms with van der Waals surface area (Å²) in [4.78, 5) is 87.4. The third-order valence-corrected chi connectivity index (χ3v) is 20.8. The van der Waals surface area contributed by atoms with E-state index in [0.717, 1.165) is 12.2 Å². The predicted octanol–water partition coefficient (Wildman–Crippen LogP) is -11.3. The monoisotopic (exact) mass is 1540 g/mol. The number of esters is 4.